The Bertz CT molecular complexity index is 107. The maximum Gasteiger partial charge on any atom is 0.109 e. The van der Waals surface area contributed by atoms with Gasteiger partial charge in [-0.25, -0.2) is 5.21 Å². The molecule has 0 unspecified atom stereocenters. The van der Waals surface area contributed by atoms with Crippen LogP contribution in [0.5, 0.6) is 0 Å². The molecule has 0 aromatic rings. The van der Waals surface area contributed by atoms with Crippen LogP contribution in [0.4, 0.5) is 0 Å². The summed E-state index contributed by atoms with van der Waals surface area (Å²) in [5.41, 5.74) is 0. The summed E-state index contributed by atoms with van der Waals surface area (Å²) in [7, 11) is 0. The molecule has 0 aromatic carbocycles. The van der Waals surface area contributed by atoms with E-state index in [9.17, 15) is 5.21 Å². The lowest BCUT2D eigenvalue weighted by Crippen LogP contribution is -3.00. The molecule has 0 radical (unpaired) electrons. The van der Waals surface area contributed by atoms with E-state index in [1.807, 2.05) is 0 Å². The second kappa shape index (κ2) is 2.68. The minimum atomic E-state index is 0. The molecule has 3 heteroatoms. The van der Waals surface area contributed by atoms with Gasteiger partial charge in [-0.3, -0.25) is 0 Å². The molecule has 0 atom stereocenters. The van der Waals surface area contributed by atoms with E-state index in [-0.39, 0.29) is 12.4 Å². The number of rotatable bonds is 0. The molecule has 2 bridgehead atoms. The molecule has 2 nitrogen and oxygen atoms in total. The highest BCUT2D eigenvalue weighted by Crippen LogP contribution is 2.31. The van der Waals surface area contributed by atoms with Crippen LogP contribution in [0.15, 0.2) is 0 Å². The van der Waals surface area contributed by atoms with Crippen LogP contribution in [-0.2, 0) is 0 Å². The first-order chi connectivity index (χ1) is 4.29. The highest BCUT2D eigenvalue weighted by Gasteiger charge is 2.38. The first kappa shape index (κ1) is 8.31. The molecule has 3 saturated heterocycles. The number of hydrogen-bond acceptors (Lipinski definition) is 1. The maximum absolute atomic E-state index is 9.66. The summed E-state index contributed by atoms with van der Waals surface area (Å²) < 4.78 is 0.385. The molecule has 3 heterocycles. The molecular formula is C7H14ClNO. The molecule has 0 saturated carbocycles. The maximum atomic E-state index is 9.66. The Balaban J connectivity index is 0.000000500. The van der Waals surface area contributed by atoms with Crippen molar-refractivity contribution in [1.82, 2.24) is 0 Å². The van der Waals surface area contributed by atoms with Gasteiger partial charge in [-0.15, -0.1) is 0 Å². The van der Waals surface area contributed by atoms with Crippen molar-refractivity contribution in [1.29, 1.82) is 0 Å². The van der Waals surface area contributed by atoms with Gasteiger partial charge >= 0.3 is 0 Å². The monoisotopic (exact) mass is 163 g/mol. The van der Waals surface area contributed by atoms with E-state index in [0.29, 0.717) is 4.65 Å². The van der Waals surface area contributed by atoms with Gasteiger partial charge in [0.25, 0.3) is 0 Å². The van der Waals surface area contributed by atoms with E-state index < -0.39 is 0 Å². The summed E-state index contributed by atoms with van der Waals surface area (Å²) in [4.78, 5) is 0. The summed E-state index contributed by atoms with van der Waals surface area (Å²) in [5, 5.41) is 9.66. The Morgan fingerprint density at radius 3 is 1.60 bits per heavy atom. The lowest BCUT2D eigenvalue weighted by Gasteiger charge is -2.42. The summed E-state index contributed by atoms with van der Waals surface area (Å²) in [5.74, 6) is 0.956. The lowest BCUT2D eigenvalue weighted by atomic mass is 9.88. The number of quaternary nitrogens is 1. The van der Waals surface area contributed by atoms with Gasteiger partial charge < -0.3 is 12.4 Å². The molecule has 3 fully saturated rings. The van der Waals surface area contributed by atoms with Crippen molar-refractivity contribution in [2.24, 2.45) is 5.92 Å². The molecular weight excluding hydrogens is 150 g/mol. The predicted molar refractivity (Wildman–Crippen MR) is 34.0 cm³/mol. The first-order valence-corrected chi connectivity index (χ1v) is 3.87. The van der Waals surface area contributed by atoms with Crippen LogP contribution in [0, 0.1) is 5.92 Å². The molecule has 60 valence electrons. The van der Waals surface area contributed by atoms with Crippen LogP contribution < -0.4 is 12.4 Å². The quantitative estimate of drug-likeness (QED) is 0.410. The van der Waals surface area contributed by atoms with E-state index in [1.54, 1.807) is 0 Å². The van der Waals surface area contributed by atoms with Gasteiger partial charge in [-0.1, -0.05) is 0 Å². The van der Waals surface area contributed by atoms with E-state index in [4.69, 9.17) is 0 Å². The molecule has 10 heavy (non-hydrogen) atoms. The van der Waals surface area contributed by atoms with Crippen molar-refractivity contribution >= 4 is 0 Å². The third-order valence-electron chi connectivity index (χ3n) is 2.86. The van der Waals surface area contributed by atoms with Crippen molar-refractivity contribution in [3.63, 3.8) is 0 Å². The largest absolute Gasteiger partial charge is 1.00 e. The Morgan fingerprint density at radius 2 is 1.40 bits per heavy atom. The SMILES string of the molecule is O[N+]12CCC(CC1)CC2.[Cl-]. The van der Waals surface area contributed by atoms with Crippen LogP contribution in [-0.4, -0.2) is 29.5 Å². The van der Waals surface area contributed by atoms with Gasteiger partial charge in [0.05, 0.1) is 0 Å². The zero-order valence-corrected chi connectivity index (χ0v) is 6.85. The molecule has 1 N–H and O–H groups in total. The van der Waals surface area contributed by atoms with Crippen molar-refractivity contribution in [2.45, 2.75) is 19.3 Å². The topological polar surface area (TPSA) is 20.2 Å². The van der Waals surface area contributed by atoms with Crippen LogP contribution in [0.2, 0.25) is 0 Å². The molecule has 0 spiro atoms. The fraction of sp³-hybridized carbons (Fsp3) is 1.00. The Hall–Kier alpha value is 0.210. The standard InChI is InChI=1S/C7H14NO.ClH/c9-8-4-1-7(2-5-8)3-6-8;/h7,9H,1-6H2;1H/q+1;/p-1. The number of piperidine rings is 3. The van der Waals surface area contributed by atoms with E-state index >= 15 is 0 Å². The first-order valence-electron chi connectivity index (χ1n) is 3.87. The average Bonchev–Trinajstić information content (AvgIpc) is 1.90. The Kier molecular flexibility index (Phi) is 2.23. The van der Waals surface area contributed by atoms with Gasteiger partial charge in [0, 0.05) is 19.3 Å². The summed E-state index contributed by atoms with van der Waals surface area (Å²) in [6.07, 6.45) is 3.78. The number of halogens is 1. The normalized spacial score (nSPS) is 44.7. The molecule has 0 aromatic heterocycles. The highest BCUT2D eigenvalue weighted by atomic mass is 35.5. The van der Waals surface area contributed by atoms with Crippen LogP contribution in [0.25, 0.3) is 0 Å². The summed E-state index contributed by atoms with van der Waals surface area (Å²) in [6.45, 7) is 3.06. The van der Waals surface area contributed by atoms with Gasteiger partial charge in [0.1, 0.15) is 19.6 Å². The predicted octanol–water partition coefficient (Wildman–Crippen LogP) is -1.99. The fourth-order valence-corrected chi connectivity index (χ4v) is 2.04. The molecule has 3 aliphatic rings. The van der Waals surface area contributed by atoms with E-state index in [2.05, 4.69) is 0 Å². The van der Waals surface area contributed by atoms with E-state index in [1.165, 1.54) is 19.3 Å². The van der Waals surface area contributed by atoms with Crippen LogP contribution >= 0.6 is 0 Å². The summed E-state index contributed by atoms with van der Waals surface area (Å²) in [6, 6.07) is 0. The van der Waals surface area contributed by atoms with E-state index in [0.717, 1.165) is 25.6 Å². The zero-order valence-electron chi connectivity index (χ0n) is 6.09. The van der Waals surface area contributed by atoms with Crippen molar-refractivity contribution < 1.29 is 22.3 Å². The Labute approximate surface area is 67.8 Å². The second-order valence-electron chi connectivity index (χ2n) is 3.50. The van der Waals surface area contributed by atoms with Crippen LogP contribution in [0.1, 0.15) is 19.3 Å². The number of nitrogens with zero attached hydrogens (tertiary/aromatic N) is 1. The smallest absolute Gasteiger partial charge is 0.109 e. The third-order valence-corrected chi connectivity index (χ3v) is 2.86. The molecule has 3 rings (SSSR count). The number of hydrogen-bond donors (Lipinski definition) is 1. The number of fused-ring (bicyclic) bond motifs is 3. The molecule has 3 aliphatic heterocycles. The van der Waals surface area contributed by atoms with Gasteiger partial charge in [0.15, 0.2) is 0 Å². The lowest BCUT2D eigenvalue weighted by molar-refractivity contribution is -1.11. The zero-order chi connectivity index (χ0) is 6.32. The summed E-state index contributed by atoms with van der Waals surface area (Å²) >= 11 is 0. The highest BCUT2D eigenvalue weighted by molar-refractivity contribution is 4.68. The minimum Gasteiger partial charge on any atom is -1.00 e. The minimum absolute atomic E-state index is 0. The molecule has 0 amide bonds. The second-order valence-corrected chi connectivity index (χ2v) is 3.50. The average molecular weight is 164 g/mol. The van der Waals surface area contributed by atoms with Crippen molar-refractivity contribution in [2.75, 3.05) is 19.6 Å². The molecule has 0 aliphatic carbocycles. The van der Waals surface area contributed by atoms with Gasteiger partial charge in [0.2, 0.25) is 0 Å². The van der Waals surface area contributed by atoms with Gasteiger partial charge in [-0.2, -0.15) is 4.65 Å². The third kappa shape index (κ3) is 1.29. The van der Waals surface area contributed by atoms with Crippen molar-refractivity contribution in [3.05, 3.63) is 0 Å². The van der Waals surface area contributed by atoms with Crippen LogP contribution in [0.3, 0.4) is 0 Å². The van der Waals surface area contributed by atoms with Gasteiger partial charge in [-0.05, 0) is 5.92 Å². The van der Waals surface area contributed by atoms with Crippen molar-refractivity contribution in [3.8, 4) is 0 Å². The Morgan fingerprint density at radius 1 is 1.00 bits per heavy atom. The fourth-order valence-electron chi connectivity index (χ4n) is 2.04. The number of hydroxylamine groups is 3.